The van der Waals surface area contributed by atoms with Gasteiger partial charge >= 0.3 is 0 Å². The van der Waals surface area contributed by atoms with E-state index in [-0.39, 0.29) is 0 Å². The summed E-state index contributed by atoms with van der Waals surface area (Å²) in [7, 11) is 0. The lowest BCUT2D eigenvalue weighted by Gasteiger charge is -2.10. The van der Waals surface area contributed by atoms with Crippen LogP contribution in [-0.2, 0) is 18.8 Å². The van der Waals surface area contributed by atoms with Crippen molar-refractivity contribution in [2.45, 2.75) is 25.8 Å². The Kier molecular flexibility index (Phi) is 4.13. The van der Waals surface area contributed by atoms with Crippen LogP contribution in [0.15, 0.2) is 36.5 Å². The second-order valence-electron chi connectivity index (χ2n) is 4.84. The predicted molar refractivity (Wildman–Crippen MR) is 87.0 cm³/mol. The van der Waals surface area contributed by atoms with Gasteiger partial charge in [0.1, 0.15) is 5.82 Å². The lowest BCUT2D eigenvalue weighted by molar-refractivity contribution is 0.747. The third-order valence-corrected chi connectivity index (χ3v) is 4.06. The summed E-state index contributed by atoms with van der Waals surface area (Å²) in [6.07, 6.45) is 2.78. The first-order chi connectivity index (χ1) is 10.2. The van der Waals surface area contributed by atoms with Crippen LogP contribution in [0.1, 0.15) is 24.0 Å². The minimum absolute atomic E-state index is 0.362. The van der Waals surface area contributed by atoms with Crippen molar-refractivity contribution in [3.8, 4) is 0 Å². The topological polar surface area (TPSA) is 30.7 Å². The normalized spacial score (nSPS) is 11.2. The van der Waals surface area contributed by atoms with Gasteiger partial charge in [0.2, 0.25) is 0 Å². The van der Waals surface area contributed by atoms with Crippen LogP contribution in [-0.4, -0.2) is 14.5 Å². The Labute approximate surface area is 133 Å². The van der Waals surface area contributed by atoms with Crippen LogP contribution in [0, 0.1) is 0 Å². The first-order valence-corrected chi connectivity index (χ1v) is 7.77. The molecule has 108 valence electrons. The zero-order valence-corrected chi connectivity index (χ0v) is 13.2. The van der Waals surface area contributed by atoms with Crippen LogP contribution in [0.25, 0.3) is 11.0 Å². The molecule has 1 aromatic carbocycles. The lowest BCUT2D eigenvalue weighted by Crippen LogP contribution is -2.07. The quantitative estimate of drug-likeness (QED) is 0.666. The second kappa shape index (κ2) is 6.04. The first kappa shape index (κ1) is 14.4. The molecule has 3 nitrogen and oxygen atoms in total. The zero-order chi connectivity index (χ0) is 14.8. The number of benzene rings is 1. The minimum Gasteiger partial charge on any atom is -0.321 e. The Bertz CT molecular complexity index is 780. The molecule has 0 radical (unpaired) electrons. The molecule has 0 bridgehead atoms. The van der Waals surface area contributed by atoms with Gasteiger partial charge in [-0.1, -0.05) is 24.6 Å². The molecule has 5 heteroatoms. The Hall–Kier alpha value is -1.58. The average Bonchev–Trinajstić information content (AvgIpc) is 2.84. The number of aromatic nitrogens is 3. The first-order valence-electron chi connectivity index (χ1n) is 6.86. The van der Waals surface area contributed by atoms with Gasteiger partial charge in [-0.05, 0) is 36.2 Å². The summed E-state index contributed by atoms with van der Waals surface area (Å²) in [5.74, 6) is 1.20. The summed E-state index contributed by atoms with van der Waals surface area (Å²) in [5.41, 5.74) is 4.20. The van der Waals surface area contributed by atoms with Crippen LogP contribution in [0.3, 0.4) is 0 Å². The number of hydrogen-bond donors (Lipinski definition) is 0. The van der Waals surface area contributed by atoms with E-state index < -0.39 is 0 Å². The summed E-state index contributed by atoms with van der Waals surface area (Å²) in [4.78, 5) is 9.07. The number of imidazole rings is 1. The minimum atomic E-state index is 0.362. The van der Waals surface area contributed by atoms with Crippen molar-refractivity contribution in [2.24, 2.45) is 0 Å². The van der Waals surface area contributed by atoms with Gasteiger partial charge < -0.3 is 4.57 Å². The van der Waals surface area contributed by atoms with E-state index in [1.165, 1.54) is 5.56 Å². The van der Waals surface area contributed by atoms with Gasteiger partial charge in [0, 0.05) is 11.2 Å². The van der Waals surface area contributed by atoms with E-state index >= 15 is 0 Å². The highest BCUT2D eigenvalue weighted by Gasteiger charge is 2.12. The fourth-order valence-corrected chi connectivity index (χ4v) is 2.89. The van der Waals surface area contributed by atoms with Crippen molar-refractivity contribution < 1.29 is 0 Å². The third-order valence-electron chi connectivity index (χ3n) is 3.58. The zero-order valence-electron chi connectivity index (χ0n) is 11.7. The van der Waals surface area contributed by atoms with Gasteiger partial charge in [-0.25, -0.2) is 4.98 Å². The standard InChI is InChI=1S/C16H15Cl2N3/c1-2-11-4-3-7-19-14(11)10-21-15-6-5-12(18)8-13(15)20-16(21)9-17/h3-8H,2,9-10H2,1H3. The molecule has 0 aliphatic rings. The Balaban J connectivity index is 2.11. The predicted octanol–water partition coefficient (Wildman–Crippen LogP) is 4.43. The molecule has 21 heavy (non-hydrogen) atoms. The van der Waals surface area contributed by atoms with Crippen molar-refractivity contribution in [1.29, 1.82) is 0 Å². The van der Waals surface area contributed by atoms with Crippen molar-refractivity contribution in [3.63, 3.8) is 0 Å². The molecule has 2 aromatic heterocycles. The van der Waals surface area contributed by atoms with Crippen molar-refractivity contribution >= 4 is 34.2 Å². The van der Waals surface area contributed by atoms with E-state index in [9.17, 15) is 0 Å². The molecular weight excluding hydrogens is 305 g/mol. The molecule has 0 fully saturated rings. The Morgan fingerprint density at radius 2 is 2.10 bits per heavy atom. The maximum absolute atomic E-state index is 6.05. The summed E-state index contributed by atoms with van der Waals surface area (Å²) in [6, 6.07) is 9.80. The van der Waals surface area contributed by atoms with E-state index in [4.69, 9.17) is 23.2 Å². The van der Waals surface area contributed by atoms with Gasteiger partial charge in [0.15, 0.2) is 0 Å². The van der Waals surface area contributed by atoms with E-state index in [1.807, 2.05) is 30.5 Å². The molecular formula is C16H15Cl2N3. The summed E-state index contributed by atoms with van der Waals surface area (Å²) < 4.78 is 2.11. The smallest absolute Gasteiger partial charge is 0.125 e. The van der Waals surface area contributed by atoms with Gasteiger partial charge in [0.25, 0.3) is 0 Å². The molecule has 0 saturated carbocycles. The van der Waals surface area contributed by atoms with Crippen molar-refractivity contribution in [2.75, 3.05) is 0 Å². The van der Waals surface area contributed by atoms with E-state index in [2.05, 4.69) is 27.5 Å². The van der Waals surface area contributed by atoms with Crippen LogP contribution in [0.2, 0.25) is 5.02 Å². The Morgan fingerprint density at radius 1 is 1.24 bits per heavy atom. The highest BCUT2D eigenvalue weighted by molar-refractivity contribution is 6.31. The molecule has 0 saturated heterocycles. The maximum Gasteiger partial charge on any atom is 0.125 e. The number of nitrogens with zero attached hydrogens (tertiary/aromatic N) is 3. The molecule has 3 rings (SSSR count). The number of fused-ring (bicyclic) bond motifs is 1. The van der Waals surface area contributed by atoms with E-state index in [0.29, 0.717) is 17.4 Å². The molecule has 3 aromatic rings. The SMILES string of the molecule is CCc1cccnc1Cn1c(CCl)nc2cc(Cl)ccc21. The number of halogens is 2. The molecule has 0 amide bonds. The highest BCUT2D eigenvalue weighted by atomic mass is 35.5. The molecule has 0 atom stereocenters. The Morgan fingerprint density at radius 3 is 2.86 bits per heavy atom. The van der Waals surface area contributed by atoms with Crippen LogP contribution in [0.5, 0.6) is 0 Å². The van der Waals surface area contributed by atoms with Crippen LogP contribution >= 0.6 is 23.2 Å². The molecule has 0 aliphatic heterocycles. The molecule has 0 aliphatic carbocycles. The number of aryl methyl sites for hydroxylation is 1. The van der Waals surface area contributed by atoms with Gasteiger partial charge in [-0.2, -0.15) is 0 Å². The maximum atomic E-state index is 6.05. The fraction of sp³-hybridized carbons (Fsp3) is 0.250. The van der Waals surface area contributed by atoms with Crippen molar-refractivity contribution in [1.82, 2.24) is 14.5 Å². The highest BCUT2D eigenvalue weighted by Crippen LogP contribution is 2.23. The monoisotopic (exact) mass is 319 g/mol. The van der Waals surface area contributed by atoms with Gasteiger partial charge in [0.05, 0.1) is 29.2 Å². The molecule has 0 N–H and O–H groups in total. The second-order valence-corrected chi connectivity index (χ2v) is 5.55. The molecule has 0 unspecified atom stereocenters. The summed E-state index contributed by atoms with van der Waals surface area (Å²) in [6.45, 7) is 2.80. The fourth-order valence-electron chi connectivity index (χ4n) is 2.52. The van der Waals surface area contributed by atoms with E-state index in [1.54, 1.807) is 0 Å². The van der Waals surface area contributed by atoms with Crippen LogP contribution in [0.4, 0.5) is 0 Å². The third kappa shape index (κ3) is 2.76. The number of alkyl halides is 1. The lowest BCUT2D eigenvalue weighted by atomic mass is 10.1. The largest absolute Gasteiger partial charge is 0.321 e. The van der Waals surface area contributed by atoms with Crippen LogP contribution < -0.4 is 0 Å². The van der Waals surface area contributed by atoms with Crippen molar-refractivity contribution in [3.05, 3.63) is 58.6 Å². The van der Waals surface area contributed by atoms with Gasteiger partial charge in [-0.15, -0.1) is 11.6 Å². The number of rotatable bonds is 4. The number of pyridine rings is 1. The summed E-state index contributed by atoms with van der Waals surface area (Å²) >= 11 is 12.1. The average molecular weight is 320 g/mol. The number of hydrogen-bond acceptors (Lipinski definition) is 2. The van der Waals surface area contributed by atoms with E-state index in [0.717, 1.165) is 29.0 Å². The molecule has 0 spiro atoms. The summed E-state index contributed by atoms with van der Waals surface area (Å²) in [5, 5.41) is 0.681. The molecule has 2 heterocycles. The van der Waals surface area contributed by atoms with Gasteiger partial charge in [-0.3, -0.25) is 4.98 Å².